The molecule has 0 amide bonds. The lowest BCUT2D eigenvalue weighted by Crippen LogP contribution is -2.58. The molecule has 2 heterocycles. The number of aromatic nitrogens is 1. The lowest BCUT2D eigenvalue weighted by molar-refractivity contribution is -0.301. The van der Waals surface area contributed by atoms with E-state index >= 15 is 0 Å². The molecule has 4 aliphatic carbocycles. The number of oxime groups is 1. The van der Waals surface area contributed by atoms with Crippen LogP contribution in [0, 0.1) is 10.4 Å². The van der Waals surface area contributed by atoms with Gasteiger partial charge in [0.1, 0.15) is 47.1 Å². The minimum absolute atomic E-state index is 0.0298. The third-order valence-electron chi connectivity index (χ3n) is 9.48. The fourth-order valence-electron chi connectivity index (χ4n) is 7.14. The third-order valence-corrected chi connectivity index (χ3v) is 9.48. The van der Waals surface area contributed by atoms with Gasteiger partial charge in [-0.2, -0.15) is 0 Å². The van der Waals surface area contributed by atoms with Crippen molar-refractivity contribution in [2.45, 2.75) is 49.0 Å². The predicted octanol–water partition coefficient (Wildman–Crippen LogP) is -4.34. The summed E-state index contributed by atoms with van der Waals surface area (Å²) in [6, 6.07) is 3.62. The molecule has 0 radical (unpaired) electrons. The molecule has 1 fully saturated rings. The monoisotopic (exact) mass is 678 g/mol. The summed E-state index contributed by atoms with van der Waals surface area (Å²) < 4.78 is 10.1. The highest BCUT2D eigenvalue weighted by atomic mass is 16.8. The first-order valence-corrected chi connectivity index (χ1v) is 14.8. The lowest BCUT2D eigenvalue weighted by atomic mass is 9.78. The molecule has 5 aliphatic rings. The van der Waals surface area contributed by atoms with Gasteiger partial charge in [-0.15, -0.1) is 0 Å². The number of hydrogen-bond donors (Lipinski definition) is 8. The van der Waals surface area contributed by atoms with Crippen LogP contribution in [0.3, 0.4) is 0 Å². The number of H-pyrrole nitrogens is 1. The molecule has 17 heteroatoms. The Morgan fingerprint density at radius 3 is 2.24 bits per heavy atom. The number of nitrogens with zero attached hydrogens (tertiary/aromatic N) is 1. The van der Waals surface area contributed by atoms with E-state index in [-0.39, 0.29) is 34.9 Å². The van der Waals surface area contributed by atoms with E-state index in [1.165, 1.54) is 12.1 Å². The van der Waals surface area contributed by atoms with Gasteiger partial charge in [0.05, 0.1) is 51.9 Å². The number of aromatic amines is 1. The number of rotatable bonds is 5. The Labute approximate surface area is 270 Å². The number of aliphatic hydroxyl groups excluding tert-OH is 6. The Morgan fingerprint density at radius 2 is 1.59 bits per heavy atom. The number of nitrogens with one attached hydrogen (secondary N) is 1. The van der Waals surface area contributed by atoms with Crippen LogP contribution in [-0.2, 0) is 21.4 Å². The molecule has 1 spiro atoms. The highest BCUT2D eigenvalue weighted by Gasteiger charge is 2.53. The summed E-state index contributed by atoms with van der Waals surface area (Å²) in [5.74, 6) is -2.84. The maximum absolute atomic E-state index is 13.6. The van der Waals surface area contributed by atoms with E-state index in [9.17, 15) is 59.7 Å². The van der Waals surface area contributed by atoms with Crippen molar-refractivity contribution in [1.29, 1.82) is 0 Å². The molecule has 7 rings (SSSR count). The van der Waals surface area contributed by atoms with Crippen molar-refractivity contribution in [3.8, 4) is 11.5 Å². The van der Waals surface area contributed by atoms with Gasteiger partial charge >= 0.3 is 0 Å². The van der Waals surface area contributed by atoms with Gasteiger partial charge in [0.15, 0.2) is 11.2 Å². The van der Waals surface area contributed by atoms with Gasteiger partial charge in [-0.25, -0.2) is 0 Å². The molecule has 0 unspecified atom stereocenters. The van der Waals surface area contributed by atoms with E-state index < -0.39 is 114 Å². The Morgan fingerprint density at radius 1 is 0.918 bits per heavy atom. The summed E-state index contributed by atoms with van der Waals surface area (Å²) in [5, 5.41) is 74.5. The van der Waals surface area contributed by atoms with Crippen molar-refractivity contribution in [1.82, 2.24) is 4.98 Å². The standard InChI is InChI=1S/C32H26N2O15/c1-47-13-6-12(36)16-17(21(13)37)24(40)19-18(23(16)39)28(44)32(29(19)45)3-2-9-4-10-5-11(34-30(46)15(10)25(41)20(9)32)7-33-49-31-27(43)26(42)22(38)14(8-35)48-31/h4-7,14,22,26-27,31,35,38,41-45H,2-3,8H2,1H3,(H,34,46)/b33-7-/t14-,22-,26+,27-,31+,32+/m1/s1. The number of aromatic hydroxyl groups is 1. The molecule has 1 aromatic carbocycles. The van der Waals surface area contributed by atoms with Crippen LogP contribution < -0.4 is 42.4 Å². The Kier molecular flexibility index (Phi) is 7.23. The van der Waals surface area contributed by atoms with E-state index in [4.69, 9.17) is 14.3 Å². The number of phenols is 1. The summed E-state index contributed by atoms with van der Waals surface area (Å²) in [5.41, 5.74) is -7.16. The lowest BCUT2D eigenvalue weighted by Gasteiger charge is -2.38. The molecule has 0 saturated carbocycles. The molecular formula is C32H26N2O15. The van der Waals surface area contributed by atoms with Crippen LogP contribution in [0.1, 0.15) is 23.2 Å². The largest absolute Gasteiger partial charge is 0.510 e. The van der Waals surface area contributed by atoms with Gasteiger partial charge in [0, 0.05) is 11.6 Å². The molecule has 1 saturated heterocycles. The van der Waals surface area contributed by atoms with Crippen molar-refractivity contribution in [3.63, 3.8) is 0 Å². The maximum Gasteiger partial charge on any atom is 0.260 e. The zero-order valence-corrected chi connectivity index (χ0v) is 25.2. The van der Waals surface area contributed by atoms with Crippen molar-refractivity contribution in [3.05, 3.63) is 107 Å². The molecule has 8 N–H and O–H groups in total. The van der Waals surface area contributed by atoms with E-state index in [0.717, 1.165) is 19.4 Å². The molecule has 2 aromatic rings. The van der Waals surface area contributed by atoms with Gasteiger partial charge in [-0.05, 0) is 29.9 Å². The van der Waals surface area contributed by atoms with Crippen molar-refractivity contribution >= 4 is 28.5 Å². The van der Waals surface area contributed by atoms with Crippen LogP contribution >= 0.6 is 0 Å². The number of aliphatic hydroxyl groups is 6. The number of fused-ring (bicyclic) bond motifs is 4. The van der Waals surface area contributed by atoms with Crippen LogP contribution in [0.25, 0.3) is 22.3 Å². The summed E-state index contributed by atoms with van der Waals surface area (Å²) in [6.45, 7) is -0.691. The van der Waals surface area contributed by atoms with Gasteiger partial charge in [-0.3, -0.25) is 24.0 Å². The van der Waals surface area contributed by atoms with Crippen LogP contribution in [0.2, 0.25) is 0 Å². The number of methoxy groups -OCH3 is 1. The molecule has 1 aromatic heterocycles. The number of aryl methyl sites for hydroxylation is 1. The molecule has 49 heavy (non-hydrogen) atoms. The highest BCUT2D eigenvalue weighted by Crippen LogP contribution is 2.54. The molecule has 6 atom stereocenters. The second-order valence-corrected chi connectivity index (χ2v) is 12.0. The zero-order valence-electron chi connectivity index (χ0n) is 25.2. The average molecular weight is 679 g/mol. The fraction of sp³-hybridized carbons (Fsp3) is 0.312. The number of phenolic OH excluding ortho intramolecular Hbond substituents is 1. The molecule has 1 aliphatic heterocycles. The Bertz CT molecular complexity index is 2610. The van der Waals surface area contributed by atoms with Crippen LogP contribution in [0.15, 0.2) is 47.3 Å². The van der Waals surface area contributed by atoms with Crippen molar-refractivity contribution in [2.24, 2.45) is 5.16 Å². The molecular weight excluding hydrogens is 652 g/mol. The predicted molar refractivity (Wildman–Crippen MR) is 166 cm³/mol. The van der Waals surface area contributed by atoms with E-state index in [1.807, 2.05) is 0 Å². The average Bonchev–Trinajstić information content (AvgIpc) is 3.56. The number of pyridine rings is 1. The SMILES string of the molecule is COc1cc(=O)c2c(=O)c3c(c(=O)c=2c1=O)=C(O)[C@]1(CCc2cc4cc(/C=N\O[C@@H]5O[C@H](CO)[C@@H](O)[C@H](O)[C@H]5O)[nH]c(=O)c4c(O)c21)C=3O. The molecule has 0 bridgehead atoms. The van der Waals surface area contributed by atoms with Gasteiger partial charge < -0.3 is 55.0 Å². The van der Waals surface area contributed by atoms with Crippen LogP contribution in [0.4, 0.5) is 0 Å². The van der Waals surface area contributed by atoms with Crippen LogP contribution in [0.5, 0.6) is 11.5 Å². The normalized spacial score (nSPS) is 26.3. The third kappa shape index (κ3) is 4.23. The second-order valence-electron chi connectivity index (χ2n) is 12.0. The van der Waals surface area contributed by atoms with Crippen molar-refractivity contribution < 1.29 is 50.1 Å². The Balaban J connectivity index is 1.35. The molecule has 17 nitrogen and oxygen atoms in total. The minimum atomic E-state index is -2.06. The summed E-state index contributed by atoms with van der Waals surface area (Å²) in [6.07, 6.45) is -6.99. The maximum atomic E-state index is 13.6. The summed E-state index contributed by atoms with van der Waals surface area (Å²) >= 11 is 0. The van der Waals surface area contributed by atoms with E-state index in [2.05, 4.69) is 10.1 Å². The van der Waals surface area contributed by atoms with Crippen LogP contribution in [-0.4, -0.2) is 91.4 Å². The van der Waals surface area contributed by atoms with E-state index in [0.29, 0.717) is 5.56 Å². The number of ether oxygens (including phenoxy) is 2. The number of benzene rings is 1. The summed E-state index contributed by atoms with van der Waals surface area (Å²) in [7, 11) is 1.09. The zero-order chi connectivity index (χ0) is 35.3. The smallest absolute Gasteiger partial charge is 0.260 e. The minimum Gasteiger partial charge on any atom is -0.510 e. The first-order chi connectivity index (χ1) is 23.3. The Hall–Kier alpha value is -5.46. The fourth-order valence-corrected chi connectivity index (χ4v) is 7.14. The molecule has 254 valence electrons. The summed E-state index contributed by atoms with van der Waals surface area (Å²) in [4.78, 5) is 73.8. The topological polar surface area (TPSA) is 283 Å². The van der Waals surface area contributed by atoms with Gasteiger partial charge in [-0.1, -0.05) is 11.2 Å². The van der Waals surface area contributed by atoms with Gasteiger partial charge in [0.25, 0.3) is 11.8 Å². The van der Waals surface area contributed by atoms with E-state index in [1.54, 1.807) is 0 Å². The first kappa shape index (κ1) is 32.1. The first-order valence-electron chi connectivity index (χ1n) is 14.8. The van der Waals surface area contributed by atoms with Gasteiger partial charge in [0.2, 0.25) is 16.3 Å². The quantitative estimate of drug-likeness (QED) is 0.0732. The van der Waals surface area contributed by atoms with Crippen molar-refractivity contribution in [2.75, 3.05) is 13.7 Å². The highest BCUT2D eigenvalue weighted by molar-refractivity contribution is 5.96. The number of hydrogen-bond acceptors (Lipinski definition) is 16. The second kappa shape index (κ2) is 11.0.